The van der Waals surface area contributed by atoms with Crippen LogP contribution in [0, 0.1) is 0 Å². The number of hydrogen-bond donors (Lipinski definition) is 3. The van der Waals surface area contributed by atoms with Crippen LogP contribution in [0.4, 0.5) is 5.69 Å². The van der Waals surface area contributed by atoms with Gasteiger partial charge in [-0.15, -0.1) is 0 Å². The van der Waals surface area contributed by atoms with Crippen LogP contribution in [-0.4, -0.2) is 25.5 Å². The molecule has 0 bridgehead atoms. The predicted octanol–water partition coefficient (Wildman–Crippen LogP) is 3.50. The van der Waals surface area contributed by atoms with E-state index in [1.807, 2.05) is 24.3 Å². The summed E-state index contributed by atoms with van der Waals surface area (Å²) >= 11 is 3.36. The number of carbonyl (C=O) groups excluding carboxylic acids is 2. The van der Waals surface area contributed by atoms with E-state index in [0.29, 0.717) is 11.5 Å². The van der Waals surface area contributed by atoms with E-state index in [1.54, 1.807) is 37.4 Å². The van der Waals surface area contributed by atoms with Crippen LogP contribution in [0.2, 0.25) is 0 Å². The molecule has 0 saturated heterocycles. The van der Waals surface area contributed by atoms with Gasteiger partial charge in [0.25, 0.3) is 5.91 Å². The number of rotatable bonds is 8. The summed E-state index contributed by atoms with van der Waals surface area (Å²) < 4.78 is 17.1. The van der Waals surface area contributed by atoms with E-state index >= 15 is 0 Å². The molecule has 1 aromatic heterocycles. The smallest absolute Gasteiger partial charge is 0.305 e. The highest BCUT2D eigenvalue weighted by Crippen LogP contribution is 2.18. The predicted molar refractivity (Wildman–Crippen MR) is 114 cm³/mol. The molecule has 156 valence electrons. The molecule has 0 unspecified atom stereocenters. The molecule has 0 aliphatic heterocycles. The molecule has 9 heteroatoms. The Morgan fingerprint density at radius 3 is 2.33 bits per heavy atom. The third-order valence-corrected chi connectivity index (χ3v) is 4.47. The molecule has 2 aromatic carbocycles. The van der Waals surface area contributed by atoms with Gasteiger partial charge in [-0.1, -0.05) is 15.9 Å². The summed E-state index contributed by atoms with van der Waals surface area (Å²) in [7, 11) is 1.58. The summed E-state index contributed by atoms with van der Waals surface area (Å²) in [4.78, 5) is 24.0. The molecular weight excluding hydrogens is 454 g/mol. The second-order valence-electron chi connectivity index (χ2n) is 6.09. The highest BCUT2D eigenvalue weighted by atomic mass is 79.9. The Kier molecular flexibility index (Phi) is 7.34. The summed E-state index contributed by atoms with van der Waals surface area (Å²) in [5.74, 6) is 0.963. The lowest BCUT2D eigenvalue weighted by atomic mass is 10.3. The molecule has 3 N–H and O–H groups in total. The maximum absolute atomic E-state index is 12.1. The molecule has 0 radical (unpaired) electrons. The molecule has 8 nitrogen and oxygen atoms in total. The maximum atomic E-state index is 12.1. The number of amides is 2. The molecule has 0 fully saturated rings. The van der Waals surface area contributed by atoms with Crippen molar-refractivity contribution >= 4 is 33.4 Å². The second-order valence-corrected chi connectivity index (χ2v) is 7.01. The van der Waals surface area contributed by atoms with Gasteiger partial charge in [-0.2, -0.15) is 0 Å². The number of hydrogen-bond acceptors (Lipinski definition) is 6. The number of carbonyl (C=O) groups is 2. The van der Waals surface area contributed by atoms with Gasteiger partial charge < -0.3 is 19.2 Å². The third-order valence-electron chi connectivity index (χ3n) is 3.94. The Bertz CT molecular complexity index is 987. The van der Waals surface area contributed by atoms with Crippen LogP contribution in [0.15, 0.2) is 69.6 Å². The normalized spacial score (nSPS) is 10.2. The van der Waals surface area contributed by atoms with Crippen LogP contribution < -0.4 is 25.6 Å². The minimum Gasteiger partial charge on any atom is -0.497 e. The standard InChI is InChI=1S/C21H20BrN3O5/c1-28-16-8-4-15(5-9-16)23-12-20(26)24-25-21(27)19-11-10-18(30-19)13-29-17-6-2-14(22)3-7-17/h2-11,23H,12-13H2,1H3,(H,24,26)(H,25,27). The summed E-state index contributed by atoms with van der Waals surface area (Å²) in [6.45, 7) is 0.157. The Hall–Kier alpha value is -3.46. The topological polar surface area (TPSA) is 102 Å². The first-order chi connectivity index (χ1) is 14.5. The van der Waals surface area contributed by atoms with E-state index in [4.69, 9.17) is 13.9 Å². The van der Waals surface area contributed by atoms with Crippen molar-refractivity contribution < 1.29 is 23.5 Å². The maximum Gasteiger partial charge on any atom is 0.305 e. The van der Waals surface area contributed by atoms with Crippen LogP contribution in [0.1, 0.15) is 16.3 Å². The first-order valence-electron chi connectivity index (χ1n) is 8.97. The van der Waals surface area contributed by atoms with Gasteiger partial charge in [0.05, 0.1) is 13.7 Å². The number of nitrogens with one attached hydrogen (secondary N) is 3. The molecule has 3 rings (SSSR count). The minimum atomic E-state index is -0.567. The van der Waals surface area contributed by atoms with E-state index in [-0.39, 0.29) is 18.9 Å². The lowest BCUT2D eigenvalue weighted by molar-refractivity contribution is -0.120. The lowest BCUT2D eigenvalue weighted by Gasteiger charge is -2.09. The van der Waals surface area contributed by atoms with Gasteiger partial charge in [-0.05, 0) is 60.7 Å². The fourth-order valence-electron chi connectivity index (χ4n) is 2.39. The van der Waals surface area contributed by atoms with E-state index < -0.39 is 11.8 Å². The van der Waals surface area contributed by atoms with Gasteiger partial charge in [0.2, 0.25) is 0 Å². The zero-order valence-corrected chi connectivity index (χ0v) is 17.7. The van der Waals surface area contributed by atoms with Crippen molar-refractivity contribution in [1.29, 1.82) is 0 Å². The van der Waals surface area contributed by atoms with Gasteiger partial charge in [0.1, 0.15) is 23.9 Å². The summed E-state index contributed by atoms with van der Waals surface area (Å²) in [5, 5.41) is 2.94. The average molecular weight is 474 g/mol. The zero-order chi connectivity index (χ0) is 21.3. The van der Waals surface area contributed by atoms with Crippen molar-refractivity contribution in [3.63, 3.8) is 0 Å². The number of benzene rings is 2. The second kappa shape index (κ2) is 10.4. The fraction of sp³-hybridized carbons (Fsp3) is 0.143. The largest absolute Gasteiger partial charge is 0.497 e. The number of methoxy groups -OCH3 is 1. The molecule has 0 atom stereocenters. The van der Waals surface area contributed by atoms with Crippen LogP contribution in [0.5, 0.6) is 11.5 Å². The Morgan fingerprint density at radius 2 is 1.63 bits per heavy atom. The van der Waals surface area contributed by atoms with Crippen molar-refractivity contribution in [1.82, 2.24) is 10.9 Å². The molecule has 1 heterocycles. The summed E-state index contributed by atoms with van der Waals surface area (Å²) in [6.07, 6.45) is 0. The van der Waals surface area contributed by atoms with E-state index in [9.17, 15) is 9.59 Å². The number of ether oxygens (including phenoxy) is 2. The number of halogens is 1. The summed E-state index contributed by atoms with van der Waals surface area (Å²) in [6, 6.07) is 17.6. The van der Waals surface area contributed by atoms with Crippen molar-refractivity contribution in [3.8, 4) is 11.5 Å². The quantitative estimate of drug-likeness (QED) is 0.432. The molecular formula is C21H20BrN3O5. The number of anilines is 1. The van der Waals surface area contributed by atoms with Gasteiger partial charge in [0, 0.05) is 10.2 Å². The molecule has 30 heavy (non-hydrogen) atoms. The molecule has 0 spiro atoms. The van der Waals surface area contributed by atoms with E-state index in [1.165, 1.54) is 6.07 Å². The molecule has 0 aliphatic carbocycles. The van der Waals surface area contributed by atoms with Crippen LogP contribution >= 0.6 is 15.9 Å². The Balaban J connectivity index is 1.40. The Morgan fingerprint density at radius 1 is 0.933 bits per heavy atom. The first kappa shape index (κ1) is 21.3. The Labute approximate surface area is 181 Å². The number of furan rings is 1. The molecule has 0 aliphatic rings. The third kappa shape index (κ3) is 6.28. The highest BCUT2D eigenvalue weighted by molar-refractivity contribution is 9.10. The van der Waals surface area contributed by atoms with E-state index in [2.05, 4.69) is 32.1 Å². The van der Waals surface area contributed by atoms with Gasteiger partial charge in [0.15, 0.2) is 5.76 Å². The fourth-order valence-corrected chi connectivity index (χ4v) is 2.65. The number of hydrazine groups is 1. The van der Waals surface area contributed by atoms with Gasteiger partial charge in [-0.3, -0.25) is 20.4 Å². The van der Waals surface area contributed by atoms with Crippen LogP contribution in [0.3, 0.4) is 0 Å². The van der Waals surface area contributed by atoms with Gasteiger partial charge >= 0.3 is 5.91 Å². The molecule has 3 aromatic rings. The van der Waals surface area contributed by atoms with Crippen LogP contribution in [-0.2, 0) is 11.4 Å². The SMILES string of the molecule is COc1ccc(NCC(=O)NNC(=O)c2ccc(COc3ccc(Br)cc3)o2)cc1. The van der Waals surface area contributed by atoms with Crippen molar-refractivity contribution in [2.24, 2.45) is 0 Å². The summed E-state index contributed by atoms with van der Waals surface area (Å²) in [5.41, 5.74) is 5.38. The van der Waals surface area contributed by atoms with Crippen molar-refractivity contribution in [2.45, 2.75) is 6.61 Å². The minimum absolute atomic E-state index is 0.0168. The van der Waals surface area contributed by atoms with Gasteiger partial charge in [-0.25, -0.2) is 0 Å². The van der Waals surface area contributed by atoms with Crippen LogP contribution in [0.25, 0.3) is 0 Å². The molecule has 0 saturated carbocycles. The zero-order valence-electron chi connectivity index (χ0n) is 16.1. The van der Waals surface area contributed by atoms with Crippen molar-refractivity contribution in [3.05, 3.63) is 76.7 Å². The monoisotopic (exact) mass is 473 g/mol. The van der Waals surface area contributed by atoms with E-state index in [0.717, 1.165) is 15.9 Å². The highest BCUT2D eigenvalue weighted by Gasteiger charge is 2.12. The molecule has 2 amide bonds. The van der Waals surface area contributed by atoms with Crippen molar-refractivity contribution in [2.75, 3.05) is 19.0 Å². The lowest BCUT2D eigenvalue weighted by Crippen LogP contribution is -2.44. The first-order valence-corrected chi connectivity index (χ1v) is 9.77. The average Bonchev–Trinajstić information content (AvgIpc) is 3.25.